The van der Waals surface area contributed by atoms with Crippen molar-refractivity contribution in [3.05, 3.63) is 48.6 Å². The monoisotopic (exact) mass is 813 g/mol. The average molecular weight is 813 g/mol. The Hall–Kier alpha value is -2.14. The molecule has 5 heteroatoms. The number of carbonyl (C=O) groups excluding carboxylic acids is 2. The number of ether oxygens (including phenoxy) is 3. The summed E-state index contributed by atoms with van der Waals surface area (Å²) in [4.78, 5) is 25.3. The van der Waals surface area contributed by atoms with E-state index in [2.05, 4.69) is 69.4 Å². The fourth-order valence-corrected chi connectivity index (χ4v) is 7.11. The topological polar surface area (TPSA) is 61.8 Å². The van der Waals surface area contributed by atoms with Crippen LogP contribution in [-0.2, 0) is 23.8 Å². The van der Waals surface area contributed by atoms with Crippen molar-refractivity contribution in [1.29, 1.82) is 0 Å². The fourth-order valence-electron chi connectivity index (χ4n) is 7.11. The van der Waals surface area contributed by atoms with Gasteiger partial charge >= 0.3 is 11.9 Å². The molecule has 0 aliphatic carbocycles. The number of hydrogen-bond acceptors (Lipinski definition) is 5. The third kappa shape index (κ3) is 46.5. The minimum Gasteiger partial charge on any atom is -0.462 e. The van der Waals surface area contributed by atoms with Crippen LogP contribution in [0.4, 0.5) is 0 Å². The second-order valence-corrected chi connectivity index (χ2v) is 16.7. The molecule has 0 aromatic heterocycles. The maximum atomic E-state index is 12.7. The molecule has 0 N–H and O–H groups in total. The Labute approximate surface area is 361 Å². The van der Waals surface area contributed by atoms with Crippen molar-refractivity contribution in [2.24, 2.45) is 0 Å². The van der Waals surface area contributed by atoms with Crippen LogP contribution >= 0.6 is 0 Å². The first-order valence-corrected chi connectivity index (χ1v) is 25.2. The van der Waals surface area contributed by atoms with E-state index >= 15 is 0 Å². The van der Waals surface area contributed by atoms with Crippen molar-refractivity contribution in [3.8, 4) is 0 Å². The Balaban J connectivity index is 4.24. The van der Waals surface area contributed by atoms with Gasteiger partial charge in [0.1, 0.15) is 6.61 Å². The first-order valence-electron chi connectivity index (χ1n) is 25.2. The molecule has 0 amide bonds. The summed E-state index contributed by atoms with van der Waals surface area (Å²) in [5.74, 6) is -0.425. The van der Waals surface area contributed by atoms with Crippen molar-refractivity contribution in [2.45, 2.75) is 258 Å². The number of unbranched alkanes of at least 4 members (excludes halogenated alkanes) is 27. The van der Waals surface area contributed by atoms with Crippen molar-refractivity contribution in [3.63, 3.8) is 0 Å². The van der Waals surface area contributed by atoms with Crippen molar-refractivity contribution in [1.82, 2.24) is 0 Å². The van der Waals surface area contributed by atoms with Gasteiger partial charge in [-0.2, -0.15) is 0 Å². The molecule has 0 rings (SSSR count). The molecule has 0 aromatic carbocycles. The van der Waals surface area contributed by atoms with E-state index in [1.54, 1.807) is 0 Å². The fraction of sp³-hybridized carbons (Fsp3) is 0.811. The van der Waals surface area contributed by atoms with E-state index in [1.165, 1.54) is 148 Å². The van der Waals surface area contributed by atoms with Gasteiger partial charge < -0.3 is 14.2 Å². The maximum absolute atomic E-state index is 12.7. The van der Waals surface area contributed by atoms with Gasteiger partial charge in [-0.05, 0) is 77.0 Å². The quantitative estimate of drug-likeness (QED) is 0.0348. The molecule has 0 bridgehead atoms. The van der Waals surface area contributed by atoms with Crippen LogP contribution in [0.2, 0.25) is 0 Å². The first-order chi connectivity index (χ1) is 28.6. The van der Waals surface area contributed by atoms with Gasteiger partial charge in [-0.15, -0.1) is 0 Å². The third-order valence-corrected chi connectivity index (χ3v) is 10.8. The smallest absolute Gasteiger partial charge is 0.306 e. The molecule has 0 radical (unpaired) electrons. The molecular weight excluding hydrogens is 717 g/mol. The summed E-state index contributed by atoms with van der Waals surface area (Å²) in [6.45, 7) is 7.69. The van der Waals surface area contributed by atoms with Crippen LogP contribution < -0.4 is 0 Å². The summed E-state index contributed by atoms with van der Waals surface area (Å²) < 4.78 is 17.3. The largest absolute Gasteiger partial charge is 0.462 e. The Morgan fingerprint density at radius 3 is 1.28 bits per heavy atom. The molecule has 0 spiro atoms. The van der Waals surface area contributed by atoms with Gasteiger partial charge in [-0.25, -0.2) is 0 Å². The molecule has 1 atom stereocenters. The highest BCUT2D eigenvalue weighted by Crippen LogP contribution is 2.14. The SMILES string of the molecule is CC/C=C\C/C=C\C/C=C\CCCCCC(=O)OCC(COCCCCCCCCCC/C=C\CCCCCCCC)OC(=O)CCCCCCCCCCCCC. The number of esters is 2. The van der Waals surface area contributed by atoms with Gasteiger partial charge in [-0.1, -0.05) is 211 Å². The second-order valence-electron chi connectivity index (χ2n) is 16.7. The van der Waals surface area contributed by atoms with Crippen LogP contribution in [0, 0.1) is 0 Å². The van der Waals surface area contributed by atoms with E-state index in [0.29, 0.717) is 19.4 Å². The van der Waals surface area contributed by atoms with Crippen LogP contribution in [0.15, 0.2) is 48.6 Å². The Kier molecular flexibility index (Phi) is 47.4. The third-order valence-electron chi connectivity index (χ3n) is 10.8. The van der Waals surface area contributed by atoms with Crippen molar-refractivity contribution >= 4 is 11.9 Å². The normalized spacial score (nSPS) is 12.5. The molecular formula is C53H96O5. The molecule has 5 nitrogen and oxygen atoms in total. The molecule has 0 saturated heterocycles. The van der Waals surface area contributed by atoms with Crippen LogP contribution in [0.5, 0.6) is 0 Å². The number of rotatable bonds is 46. The minimum absolute atomic E-state index is 0.0717. The van der Waals surface area contributed by atoms with Crippen LogP contribution in [-0.4, -0.2) is 37.9 Å². The summed E-state index contributed by atoms with van der Waals surface area (Å²) in [6.07, 6.45) is 59.8. The molecule has 338 valence electrons. The van der Waals surface area contributed by atoms with E-state index in [1.807, 2.05) is 0 Å². The number of hydrogen-bond donors (Lipinski definition) is 0. The van der Waals surface area contributed by atoms with E-state index in [0.717, 1.165) is 70.6 Å². The zero-order valence-electron chi connectivity index (χ0n) is 38.8. The molecule has 58 heavy (non-hydrogen) atoms. The van der Waals surface area contributed by atoms with E-state index in [9.17, 15) is 9.59 Å². The molecule has 0 saturated carbocycles. The van der Waals surface area contributed by atoms with Gasteiger partial charge in [0.25, 0.3) is 0 Å². The lowest BCUT2D eigenvalue weighted by Crippen LogP contribution is -2.30. The molecule has 0 heterocycles. The summed E-state index contributed by atoms with van der Waals surface area (Å²) in [5, 5.41) is 0. The van der Waals surface area contributed by atoms with E-state index < -0.39 is 6.10 Å². The highest BCUT2D eigenvalue weighted by atomic mass is 16.6. The molecule has 0 aliphatic rings. The Morgan fingerprint density at radius 2 is 0.776 bits per heavy atom. The van der Waals surface area contributed by atoms with Gasteiger partial charge in [0.05, 0.1) is 6.61 Å². The van der Waals surface area contributed by atoms with Gasteiger partial charge in [0.2, 0.25) is 0 Å². The highest BCUT2D eigenvalue weighted by Gasteiger charge is 2.17. The number of carbonyl (C=O) groups is 2. The van der Waals surface area contributed by atoms with Gasteiger partial charge in [-0.3, -0.25) is 9.59 Å². The Morgan fingerprint density at radius 1 is 0.397 bits per heavy atom. The van der Waals surface area contributed by atoms with Crippen LogP contribution in [0.25, 0.3) is 0 Å². The zero-order valence-corrected chi connectivity index (χ0v) is 38.8. The lowest BCUT2D eigenvalue weighted by molar-refractivity contribution is -0.163. The van der Waals surface area contributed by atoms with Gasteiger partial charge in [0.15, 0.2) is 6.10 Å². The lowest BCUT2D eigenvalue weighted by Gasteiger charge is -2.18. The Bertz CT molecular complexity index is 966. The molecule has 0 aromatic rings. The standard InChI is InChI=1S/C53H96O5/c1-4-7-10-13-16-19-22-24-25-26-27-28-30-33-36-39-42-45-48-56-49-51(58-53(55)47-44-41-38-35-31-21-18-15-12-9-6-3)50-57-52(54)46-43-40-37-34-32-29-23-20-17-14-11-8-5-2/h8,11,17,20,24-25,29,32,51H,4-7,9-10,12-16,18-19,21-23,26-28,30-31,33-50H2,1-3H3/b11-8-,20-17-,25-24-,32-29-. The van der Waals surface area contributed by atoms with Crippen molar-refractivity contribution in [2.75, 3.05) is 19.8 Å². The zero-order chi connectivity index (χ0) is 42.1. The molecule has 0 fully saturated rings. The molecule has 0 aliphatic heterocycles. The van der Waals surface area contributed by atoms with E-state index in [4.69, 9.17) is 14.2 Å². The summed E-state index contributed by atoms with van der Waals surface area (Å²) in [7, 11) is 0. The van der Waals surface area contributed by atoms with Crippen LogP contribution in [0.3, 0.4) is 0 Å². The predicted octanol–water partition coefficient (Wildman–Crippen LogP) is 16.8. The van der Waals surface area contributed by atoms with Gasteiger partial charge in [0, 0.05) is 19.4 Å². The van der Waals surface area contributed by atoms with Crippen molar-refractivity contribution < 1.29 is 23.8 Å². The maximum Gasteiger partial charge on any atom is 0.306 e. The molecule has 1 unspecified atom stereocenters. The average Bonchev–Trinajstić information content (AvgIpc) is 3.22. The first kappa shape index (κ1) is 55.9. The summed E-state index contributed by atoms with van der Waals surface area (Å²) >= 11 is 0. The van der Waals surface area contributed by atoms with E-state index in [-0.39, 0.29) is 25.2 Å². The lowest BCUT2D eigenvalue weighted by atomic mass is 10.1. The highest BCUT2D eigenvalue weighted by molar-refractivity contribution is 5.70. The minimum atomic E-state index is -0.545. The second kappa shape index (κ2) is 49.2. The van der Waals surface area contributed by atoms with Crippen LogP contribution in [0.1, 0.15) is 252 Å². The number of allylic oxidation sites excluding steroid dienone is 8. The summed E-state index contributed by atoms with van der Waals surface area (Å²) in [6, 6.07) is 0. The summed E-state index contributed by atoms with van der Waals surface area (Å²) in [5.41, 5.74) is 0. The predicted molar refractivity (Wildman–Crippen MR) is 251 cm³/mol.